The topological polar surface area (TPSA) is 49.8 Å². The van der Waals surface area contributed by atoms with Crippen molar-refractivity contribution >= 4 is 33.2 Å². The fourth-order valence-corrected chi connectivity index (χ4v) is 8.89. The predicted octanol–water partition coefficient (Wildman–Crippen LogP) is 3.93. The Hall–Kier alpha value is -1.31. The van der Waals surface area contributed by atoms with E-state index in [9.17, 15) is 31.5 Å². The second-order valence-electron chi connectivity index (χ2n) is 7.96. The number of amides is 1. The second-order valence-corrected chi connectivity index (χ2v) is 16.9. The Kier molecular flexibility index (Phi) is 7.59. The summed E-state index contributed by atoms with van der Waals surface area (Å²) >= 11 is 0. The zero-order valence-electron chi connectivity index (χ0n) is 16.5. The molecule has 11 heteroatoms. The number of halogens is 5. The molecule has 1 aromatic rings. The van der Waals surface area contributed by atoms with Crippen molar-refractivity contribution in [1.82, 2.24) is 0 Å². The minimum Gasteiger partial charge on any atom is -0.432 e. The monoisotopic (exact) mass is 443 g/mol. The van der Waals surface area contributed by atoms with Gasteiger partial charge in [0, 0.05) is 12.7 Å². The van der Waals surface area contributed by atoms with Crippen LogP contribution in [-0.4, -0.2) is 53.0 Å². The van der Waals surface area contributed by atoms with Gasteiger partial charge in [0.2, 0.25) is 0 Å². The third-order valence-corrected chi connectivity index (χ3v) is 9.92. The molecule has 0 aliphatic heterocycles. The molecule has 1 amide bonds. The molecule has 1 aromatic carbocycles. The molecule has 4 nitrogen and oxygen atoms in total. The number of carbonyl (C=O) groups excluding carboxylic acids is 1. The second kappa shape index (κ2) is 8.60. The largest absolute Gasteiger partial charge is 0.458 e. The standard InChI is InChI=1S/C17H26F5NO3Si2/c1-23(15(24)16(19,26-12-18)17(20,21)22)13-7-6-8-14(11-13)27(2,3)9-10-28(4,5)25/h6-8,11,25H,9-10,12H2,1-5H3. The fraction of sp³-hybridized carbons (Fsp3) is 0.588. The van der Waals surface area contributed by atoms with Gasteiger partial charge in [-0.05, 0) is 31.3 Å². The van der Waals surface area contributed by atoms with E-state index in [4.69, 9.17) is 0 Å². The number of ether oxygens (including phenoxy) is 1. The van der Waals surface area contributed by atoms with Crippen LogP contribution in [0.25, 0.3) is 0 Å². The van der Waals surface area contributed by atoms with Crippen LogP contribution >= 0.6 is 0 Å². The van der Waals surface area contributed by atoms with Crippen LogP contribution in [0.5, 0.6) is 0 Å². The minimum atomic E-state index is -5.73. The Morgan fingerprint density at radius 3 is 2.18 bits per heavy atom. The van der Waals surface area contributed by atoms with Crippen LogP contribution in [-0.2, 0) is 9.53 Å². The smallest absolute Gasteiger partial charge is 0.432 e. The number of hydrogen-bond acceptors (Lipinski definition) is 3. The molecule has 0 radical (unpaired) electrons. The highest BCUT2D eigenvalue weighted by Gasteiger charge is 2.65. The zero-order valence-corrected chi connectivity index (χ0v) is 18.5. The van der Waals surface area contributed by atoms with Crippen LogP contribution in [0.3, 0.4) is 0 Å². The molecule has 0 bridgehead atoms. The van der Waals surface area contributed by atoms with Gasteiger partial charge < -0.3 is 9.70 Å². The van der Waals surface area contributed by atoms with Crippen molar-refractivity contribution in [1.29, 1.82) is 0 Å². The third-order valence-electron chi connectivity index (χ3n) is 4.57. The first-order chi connectivity index (χ1) is 12.5. The van der Waals surface area contributed by atoms with Crippen LogP contribution in [0.1, 0.15) is 0 Å². The van der Waals surface area contributed by atoms with Crippen molar-refractivity contribution < 1.29 is 36.3 Å². The molecule has 0 saturated carbocycles. The predicted molar refractivity (Wildman–Crippen MR) is 103 cm³/mol. The third kappa shape index (κ3) is 5.85. The molecule has 0 aliphatic carbocycles. The van der Waals surface area contributed by atoms with Gasteiger partial charge in [-0.1, -0.05) is 36.5 Å². The van der Waals surface area contributed by atoms with E-state index in [1.165, 1.54) is 12.1 Å². The lowest BCUT2D eigenvalue weighted by atomic mass is 10.2. The lowest BCUT2D eigenvalue weighted by Gasteiger charge is -2.31. The van der Waals surface area contributed by atoms with Gasteiger partial charge in [0.1, 0.15) is 0 Å². The lowest BCUT2D eigenvalue weighted by molar-refractivity contribution is -0.321. The maximum Gasteiger partial charge on any atom is 0.458 e. The number of benzene rings is 1. The summed E-state index contributed by atoms with van der Waals surface area (Å²) in [5.41, 5.74) is 0.0392. The molecule has 0 aliphatic rings. The van der Waals surface area contributed by atoms with Crippen LogP contribution in [0, 0.1) is 0 Å². The highest BCUT2D eigenvalue weighted by Crippen LogP contribution is 2.37. The molecule has 1 N–H and O–H groups in total. The van der Waals surface area contributed by atoms with Gasteiger partial charge in [0.05, 0.1) is 8.07 Å². The van der Waals surface area contributed by atoms with E-state index < -0.39 is 41.2 Å². The van der Waals surface area contributed by atoms with E-state index >= 15 is 0 Å². The first-order valence-electron chi connectivity index (χ1n) is 8.62. The molecule has 28 heavy (non-hydrogen) atoms. The molecule has 0 aromatic heterocycles. The zero-order chi connectivity index (χ0) is 22.0. The lowest BCUT2D eigenvalue weighted by Crippen LogP contribution is -2.56. The summed E-state index contributed by atoms with van der Waals surface area (Å²) in [5, 5.41) is 0.839. The number of likely N-dealkylation sites (N-methyl/N-ethyl adjacent to an activating group) is 1. The Balaban J connectivity index is 3.18. The van der Waals surface area contributed by atoms with Crippen molar-refractivity contribution in [3.63, 3.8) is 0 Å². The van der Waals surface area contributed by atoms with Gasteiger partial charge in [-0.25, -0.2) is 4.39 Å². The van der Waals surface area contributed by atoms with Crippen molar-refractivity contribution in [2.24, 2.45) is 0 Å². The van der Waals surface area contributed by atoms with E-state index in [0.29, 0.717) is 10.9 Å². The summed E-state index contributed by atoms with van der Waals surface area (Å²) in [6.45, 7) is 5.62. The van der Waals surface area contributed by atoms with E-state index in [2.05, 4.69) is 4.74 Å². The van der Waals surface area contributed by atoms with Gasteiger partial charge in [0.15, 0.2) is 15.2 Å². The number of anilines is 1. The summed E-state index contributed by atoms with van der Waals surface area (Å²) in [7, 11) is -3.36. The molecular formula is C17H26F5NO3Si2. The molecule has 1 rings (SSSR count). The van der Waals surface area contributed by atoms with E-state index in [1.807, 2.05) is 26.2 Å². The maximum absolute atomic E-state index is 14.2. The molecule has 0 fully saturated rings. The summed E-state index contributed by atoms with van der Waals surface area (Å²) < 4.78 is 68.9. The number of alkyl halides is 5. The van der Waals surface area contributed by atoms with E-state index in [1.54, 1.807) is 12.1 Å². The first kappa shape index (κ1) is 24.7. The minimum absolute atomic E-state index is 0.0392. The molecule has 160 valence electrons. The summed E-state index contributed by atoms with van der Waals surface area (Å²) in [4.78, 5) is 22.7. The highest BCUT2D eigenvalue weighted by atomic mass is 28.4. The maximum atomic E-state index is 14.2. The quantitative estimate of drug-likeness (QED) is 0.489. The average molecular weight is 444 g/mol. The van der Waals surface area contributed by atoms with Crippen molar-refractivity contribution in [2.75, 3.05) is 18.8 Å². The van der Waals surface area contributed by atoms with Crippen LogP contribution < -0.4 is 10.1 Å². The Labute approximate surface area is 163 Å². The molecule has 1 atom stereocenters. The average Bonchev–Trinajstić information content (AvgIpc) is 2.57. The van der Waals surface area contributed by atoms with E-state index in [-0.39, 0.29) is 5.69 Å². The van der Waals surface area contributed by atoms with Gasteiger partial charge in [-0.15, -0.1) is 0 Å². The van der Waals surface area contributed by atoms with E-state index in [0.717, 1.165) is 18.3 Å². The molecule has 1 unspecified atom stereocenters. The highest BCUT2D eigenvalue weighted by molar-refractivity contribution is 6.91. The number of hydrogen-bond donors (Lipinski definition) is 1. The number of nitrogens with zero attached hydrogens (tertiary/aromatic N) is 1. The Morgan fingerprint density at radius 2 is 1.71 bits per heavy atom. The SMILES string of the molecule is CN(C(=O)C(F)(OCF)C(F)(F)F)c1cccc([Si](C)(C)CC[Si](C)(C)O)c1. The normalized spacial score (nSPS) is 15.2. The van der Waals surface area contributed by atoms with Crippen molar-refractivity contribution in [2.45, 2.75) is 50.3 Å². The summed E-state index contributed by atoms with van der Waals surface area (Å²) in [6.07, 6.45) is -5.73. The molecule has 0 saturated heterocycles. The van der Waals surface area contributed by atoms with Crippen molar-refractivity contribution in [3.05, 3.63) is 24.3 Å². The Bertz CT molecular complexity index is 694. The number of rotatable bonds is 8. The molecular weight excluding hydrogens is 417 g/mol. The molecule has 0 heterocycles. The number of carbonyl (C=O) groups is 1. The summed E-state index contributed by atoms with van der Waals surface area (Å²) in [5.74, 6) is -6.83. The van der Waals surface area contributed by atoms with Crippen LogP contribution in [0.4, 0.5) is 27.6 Å². The van der Waals surface area contributed by atoms with Crippen molar-refractivity contribution in [3.8, 4) is 0 Å². The first-order valence-corrected chi connectivity index (χ1v) is 15.0. The Morgan fingerprint density at radius 1 is 1.14 bits per heavy atom. The summed E-state index contributed by atoms with van der Waals surface area (Å²) in [6, 6.07) is 7.67. The van der Waals surface area contributed by atoms with Gasteiger partial charge in [-0.2, -0.15) is 17.6 Å². The van der Waals surface area contributed by atoms with Crippen LogP contribution in [0.2, 0.25) is 38.3 Å². The van der Waals surface area contributed by atoms with Gasteiger partial charge >= 0.3 is 17.9 Å². The van der Waals surface area contributed by atoms with Gasteiger partial charge in [-0.3, -0.25) is 9.53 Å². The van der Waals surface area contributed by atoms with Crippen LogP contribution in [0.15, 0.2) is 24.3 Å². The fourth-order valence-electron chi connectivity index (χ4n) is 2.57. The van der Waals surface area contributed by atoms with Gasteiger partial charge in [0.25, 0.3) is 0 Å². The molecule has 0 spiro atoms.